The van der Waals surface area contributed by atoms with E-state index >= 15 is 0 Å². The number of pyridine rings is 1. The van der Waals surface area contributed by atoms with Gasteiger partial charge >= 0.3 is 0 Å². The Kier molecular flexibility index (Phi) is 5.24. The number of anilines is 2. The van der Waals surface area contributed by atoms with Crippen molar-refractivity contribution in [2.45, 2.75) is 19.3 Å². The molecule has 0 spiro atoms. The zero-order valence-electron chi connectivity index (χ0n) is 12.9. The molecule has 0 atom stereocenters. The van der Waals surface area contributed by atoms with E-state index in [0.717, 1.165) is 64.3 Å². The number of rotatable bonds is 6. The Morgan fingerprint density at radius 2 is 2.14 bits per heavy atom. The highest BCUT2D eigenvalue weighted by molar-refractivity contribution is 5.92. The predicted octanol–water partition coefficient (Wildman–Crippen LogP) is 1.56. The highest BCUT2D eigenvalue weighted by Crippen LogP contribution is 2.27. The summed E-state index contributed by atoms with van der Waals surface area (Å²) >= 11 is 0. The topological polar surface area (TPSA) is 66.5 Å². The van der Waals surface area contributed by atoms with Crippen molar-refractivity contribution in [1.29, 1.82) is 0 Å². The van der Waals surface area contributed by atoms with E-state index in [9.17, 15) is 4.79 Å². The van der Waals surface area contributed by atoms with Crippen LogP contribution in [-0.4, -0.2) is 55.2 Å². The van der Waals surface area contributed by atoms with Gasteiger partial charge in [0.15, 0.2) is 0 Å². The fourth-order valence-electron chi connectivity index (χ4n) is 2.65. The Balaban J connectivity index is 1.39. The van der Waals surface area contributed by atoms with Gasteiger partial charge in [0.2, 0.25) is 5.91 Å². The van der Waals surface area contributed by atoms with Gasteiger partial charge in [0, 0.05) is 32.1 Å². The maximum absolute atomic E-state index is 11.8. The Morgan fingerprint density at radius 1 is 1.32 bits per heavy atom. The molecule has 2 heterocycles. The Morgan fingerprint density at radius 3 is 2.77 bits per heavy atom. The largest absolute Gasteiger partial charge is 0.383 e. The van der Waals surface area contributed by atoms with Gasteiger partial charge in [-0.3, -0.25) is 9.69 Å². The minimum absolute atomic E-state index is 0.103. The van der Waals surface area contributed by atoms with Crippen LogP contribution in [0.1, 0.15) is 19.3 Å². The first-order chi connectivity index (χ1) is 10.8. The molecule has 120 valence electrons. The van der Waals surface area contributed by atoms with Crippen LogP contribution in [0.3, 0.4) is 0 Å². The van der Waals surface area contributed by atoms with E-state index in [1.807, 2.05) is 12.1 Å². The first kappa shape index (κ1) is 15.2. The number of morpholine rings is 1. The minimum atomic E-state index is 0.103. The van der Waals surface area contributed by atoms with Crippen LogP contribution in [0.25, 0.3) is 0 Å². The van der Waals surface area contributed by atoms with Gasteiger partial charge in [0.1, 0.15) is 5.82 Å². The molecule has 1 saturated carbocycles. The Bertz CT molecular complexity index is 481. The van der Waals surface area contributed by atoms with Crippen molar-refractivity contribution < 1.29 is 9.53 Å². The number of aromatic nitrogens is 1. The fourth-order valence-corrected chi connectivity index (χ4v) is 2.65. The number of ether oxygens (including phenoxy) is 1. The standard InChI is InChI=1S/C16H24N4O2/c21-16(13-2-1-3-13)19-15-5-4-14(12-18-15)17-6-7-20-8-10-22-11-9-20/h4-5,12-13,17H,1-3,6-11H2,(H,18,19,21). The highest BCUT2D eigenvalue weighted by Gasteiger charge is 2.25. The molecule has 1 aliphatic heterocycles. The summed E-state index contributed by atoms with van der Waals surface area (Å²) in [6.45, 7) is 5.56. The van der Waals surface area contributed by atoms with Gasteiger partial charge in [-0.1, -0.05) is 6.42 Å². The maximum atomic E-state index is 11.8. The molecule has 0 aromatic carbocycles. The molecule has 1 amide bonds. The third-order valence-electron chi connectivity index (χ3n) is 4.35. The van der Waals surface area contributed by atoms with Crippen molar-refractivity contribution in [3.8, 4) is 0 Å². The summed E-state index contributed by atoms with van der Waals surface area (Å²) in [5, 5.41) is 6.24. The summed E-state index contributed by atoms with van der Waals surface area (Å²) in [4.78, 5) is 18.5. The number of amides is 1. The van der Waals surface area contributed by atoms with Crippen molar-refractivity contribution in [2.24, 2.45) is 5.92 Å². The van der Waals surface area contributed by atoms with Gasteiger partial charge < -0.3 is 15.4 Å². The minimum Gasteiger partial charge on any atom is -0.383 e. The lowest BCUT2D eigenvalue weighted by Crippen LogP contribution is -2.39. The molecule has 0 radical (unpaired) electrons. The second-order valence-corrected chi connectivity index (χ2v) is 5.93. The quantitative estimate of drug-likeness (QED) is 0.835. The highest BCUT2D eigenvalue weighted by atomic mass is 16.5. The summed E-state index contributed by atoms with van der Waals surface area (Å²) in [7, 11) is 0. The molecule has 1 saturated heterocycles. The van der Waals surface area contributed by atoms with E-state index < -0.39 is 0 Å². The van der Waals surface area contributed by atoms with Crippen LogP contribution in [0.15, 0.2) is 18.3 Å². The van der Waals surface area contributed by atoms with Gasteiger partial charge in [0.25, 0.3) is 0 Å². The van der Waals surface area contributed by atoms with Gasteiger partial charge in [-0.25, -0.2) is 4.98 Å². The molecule has 1 aliphatic carbocycles. The third kappa shape index (κ3) is 4.18. The summed E-state index contributed by atoms with van der Waals surface area (Å²) in [6, 6.07) is 3.82. The van der Waals surface area contributed by atoms with Gasteiger partial charge in [-0.15, -0.1) is 0 Å². The lowest BCUT2D eigenvalue weighted by Gasteiger charge is -2.26. The van der Waals surface area contributed by atoms with Gasteiger partial charge in [-0.2, -0.15) is 0 Å². The van der Waals surface area contributed by atoms with Gasteiger partial charge in [-0.05, 0) is 25.0 Å². The zero-order valence-corrected chi connectivity index (χ0v) is 12.9. The van der Waals surface area contributed by atoms with Crippen LogP contribution in [0.2, 0.25) is 0 Å². The molecule has 3 rings (SSSR count). The zero-order chi connectivity index (χ0) is 15.2. The van der Waals surface area contributed by atoms with Crippen molar-refractivity contribution in [3.05, 3.63) is 18.3 Å². The summed E-state index contributed by atoms with van der Waals surface area (Å²) in [5.41, 5.74) is 0.981. The Hall–Kier alpha value is -1.66. The van der Waals surface area contributed by atoms with E-state index in [4.69, 9.17) is 4.74 Å². The molecule has 6 heteroatoms. The van der Waals surface area contributed by atoms with E-state index in [1.54, 1.807) is 6.20 Å². The smallest absolute Gasteiger partial charge is 0.228 e. The van der Waals surface area contributed by atoms with Crippen LogP contribution in [-0.2, 0) is 9.53 Å². The van der Waals surface area contributed by atoms with Crippen LogP contribution in [0.5, 0.6) is 0 Å². The summed E-state index contributed by atoms with van der Waals surface area (Å²) in [6.07, 6.45) is 4.95. The number of nitrogens with zero attached hydrogens (tertiary/aromatic N) is 2. The monoisotopic (exact) mass is 304 g/mol. The average molecular weight is 304 g/mol. The van der Waals surface area contributed by atoms with Crippen LogP contribution < -0.4 is 10.6 Å². The molecule has 1 aromatic heterocycles. The lowest BCUT2D eigenvalue weighted by atomic mass is 9.85. The fraction of sp³-hybridized carbons (Fsp3) is 0.625. The van der Waals surface area contributed by atoms with E-state index in [-0.39, 0.29) is 11.8 Å². The summed E-state index contributed by atoms with van der Waals surface area (Å²) in [5.74, 6) is 0.926. The normalized spacial score (nSPS) is 19.5. The van der Waals surface area contributed by atoms with Crippen molar-refractivity contribution in [3.63, 3.8) is 0 Å². The SMILES string of the molecule is O=C(Nc1ccc(NCCN2CCOCC2)cn1)C1CCC1. The molecule has 0 unspecified atom stereocenters. The number of hydrogen-bond acceptors (Lipinski definition) is 5. The van der Waals surface area contributed by atoms with Crippen molar-refractivity contribution >= 4 is 17.4 Å². The first-order valence-corrected chi connectivity index (χ1v) is 8.12. The number of carbonyl (C=O) groups is 1. The van der Waals surface area contributed by atoms with Crippen LogP contribution in [0, 0.1) is 5.92 Å². The number of hydrogen-bond donors (Lipinski definition) is 2. The predicted molar refractivity (Wildman–Crippen MR) is 86.0 cm³/mol. The molecule has 22 heavy (non-hydrogen) atoms. The molecule has 2 aliphatic rings. The Labute approximate surface area is 131 Å². The number of carbonyl (C=O) groups excluding carboxylic acids is 1. The summed E-state index contributed by atoms with van der Waals surface area (Å²) < 4.78 is 5.33. The van der Waals surface area contributed by atoms with E-state index in [0.29, 0.717) is 5.82 Å². The molecule has 0 bridgehead atoms. The molecule has 2 fully saturated rings. The molecular formula is C16H24N4O2. The molecular weight excluding hydrogens is 280 g/mol. The second-order valence-electron chi connectivity index (χ2n) is 5.93. The molecule has 1 aromatic rings. The lowest BCUT2D eigenvalue weighted by molar-refractivity contribution is -0.122. The number of nitrogens with one attached hydrogen (secondary N) is 2. The van der Waals surface area contributed by atoms with Crippen molar-refractivity contribution in [2.75, 3.05) is 50.0 Å². The second kappa shape index (κ2) is 7.56. The third-order valence-corrected chi connectivity index (χ3v) is 4.35. The molecule has 6 nitrogen and oxygen atoms in total. The maximum Gasteiger partial charge on any atom is 0.228 e. The van der Waals surface area contributed by atoms with E-state index in [1.165, 1.54) is 0 Å². The first-order valence-electron chi connectivity index (χ1n) is 8.12. The van der Waals surface area contributed by atoms with Crippen molar-refractivity contribution in [1.82, 2.24) is 9.88 Å². The van der Waals surface area contributed by atoms with E-state index in [2.05, 4.69) is 20.5 Å². The average Bonchev–Trinajstić information content (AvgIpc) is 2.48. The van der Waals surface area contributed by atoms with Crippen LogP contribution >= 0.6 is 0 Å². The molecule has 2 N–H and O–H groups in total. The van der Waals surface area contributed by atoms with Gasteiger partial charge in [0.05, 0.1) is 25.1 Å². The van der Waals surface area contributed by atoms with Crippen LogP contribution in [0.4, 0.5) is 11.5 Å².